The molecule has 6 heteroatoms. The van der Waals surface area contributed by atoms with Gasteiger partial charge in [0.25, 0.3) is 0 Å². The molecule has 2 aliphatic rings. The lowest BCUT2D eigenvalue weighted by Crippen LogP contribution is -2.49. The van der Waals surface area contributed by atoms with E-state index in [-0.39, 0.29) is 30.7 Å². The molecule has 1 aliphatic carbocycles. The van der Waals surface area contributed by atoms with Gasteiger partial charge in [-0.15, -0.1) is 24.8 Å². The maximum absolute atomic E-state index is 12.2. The van der Waals surface area contributed by atoms with Crippen LogP contribution in [-0.4, -0.2) is 47.9 Å². The molecule has 0 radical (unpaired) electrons. The van der Waals surface area contributed by atoms with Gasteiger partial charge in [-0.3, -0.25) is 4.79 Å². The second-order valence-corrected chi connectivity index (χ2v) is 7.07. The second-order valence-electron chi connectivity index (χ2n) is 7.07. The van der Waals surface area contributed by atoms with Crippen molar-refractivity contribution in [1.82, 2.24) is 9.80 Å². The Bertz CT molecular complexity index is 514. The Morgan fingerprint density at radius 1 is 1.21 bits per heavy atom. The summed E-state index contributed by atoms with van der Waals surface area (Å²) in [5.41, 5.74) is 6.88. The van der Waals surface area contributed by atoms with Gasteiger partial charge in [0, 0.05) is 26.2 Å². The molecule has 1 aromatic rings. The van der Waals surface area contributed by atoms with E-state index in [1.807, 2.05) is 4.90 Å². The number of nitrogens with two attached hydrogens (primary N) is 1. The number of benzene rings is 1. The predicted molar refractivity (Wildman–Crippen MR) is 103 cm³/mol. The minimum absolute atomic E-state index is 0. The van der Waals surface area contributed by atoms with Gasteiger partial charge in [0.05, 0.1) is 5.54 Å². The Balaban J connectivity index is 0.00000144. The van der Waals surface area contributed by atoms with Gasteiger partial charge in [-0.2, -0.15) is 0 Å². The molecule has 1 amide bonds. The van der Waals surface area contributed by atoms with Crippen molar-refractivity contribution in [2.24, 2.45) is 11.7 Å². The summed E-state index contributed by atoms with van der Waals surface area (Å²) < 4.78 is 0. The molecule has 24 heavy (non-hydrogen) atoms. The van der Waals surface area contributed by atoms with Crippen molar-refractivity contribution in [2.45, 2.75) is 37.8 Å². The number of piperidine rings is 1. The average Bonchev–Trinajstić information content (AvgIpc) is 3.27. The van der Waals surface area contributed by atoms with E-state index in [0.29, 0.717) is 5.92 Å². The van der Waals surface area contributed by atoms with E-state index in [4.69, 9.17) is 5.73 Å². The van der Waals surface area contributed by atoms with E-state index in [9.17, 15) is 4.79 Å². The van der Waals surface area contributed by atoms with Crippen molar-refractivity contribution in [3.63, 3.8) is 0 Å². The molecule has 1 aromatic carbocycles. The zero-order valence-electron chi connectivity index (χ0n) is 14.3. The van der Waals surface area contributed by atoms with Gasteiger partial charge in [-0.1, -0.05) is 30.3 Å². The van der Waals surface area contributed by atoms with Crippen LogP contribution in [0.15, 0.2) is 30.3 Å². The molecular weight excluding hydrogens is 345 g/mol. The third kappa shape index (κ3) is 5.35. The van der Waals surface area contributed by atoms with Crippen molar-refractivity contribution in [1.29, 1.82) is 0 Å². The average molecular weight is 374 g/mol. The SMILES string of the molecule is CN(Cc1ccccc1)CC1CCN(C(=O)C2(N)CC2)CC1.Cl.Cl. The maximum Gasteiger partial charge on any atom is 0.242 e. The van der Waals surface area contributed by atoms with E-state index >= 15 is 0 Å². The number of amides is 1. The van der Waals surface area contributed by atoms with Gasteiger partial charge in [-0.25, -0.2) is 0 Å². The van der Waals surface area contributed by atoms with E-state index in [0.717, 1.165) is 51.9 Å². The number of halogens is 2. The van der Waals surface area contributed by atoms with Crippen molar-refractivity contribution >= 4 is 30.7 Å². The summed E-state index contributed by atoms with van der Waals surface area (Å²) in [6.07, 6.45) is 3.93. The zero-order chi connectivity index (χ0) is 15.6. The molecule has 3 rings (SSSR count). The summed E-state index contributed by atoms with van der Waals surface area (Å²) in [6.45, 7) is 3.85. The number of hydrogen-bond acceptors (Lipinski definition) is 3. The molecule has 0 spiro atoms. The van der Waals surface area contributed by atoms with Crippen LogP contribution in [0.3, 0.4) is 0 Å². The van der Waals surface area contributed by atoms with Gasteiger partial charge in [0.1, 0.15) is 0 Å². The predicted octanol–water partition coefficient (Wildman–Crippen LogP) is 2.69. The molecule has 0 bridgehead atoms. The first-order valence-corrected chi connectivity index (χ1v) is 8.37. The molecule has 1 aliphatic heterocycles. The highest BCUT2D eigenvalue weighted by atomic mass is 35.5. The second kappa shape index (κ2) is 9.04. The Kier molecular flexibility index (Phi) is 8.00. The standard InChI is InChI=1S/C18H27N3O.2ClH/c1-20(13-15-5-3-2-4-6-15)14-16-7-11-21(12-8-16)17(22)18(19)9-10-18;;/h2-6,16H,7-14,19H2,1H3;2*1H. The lowest BCUT2D eigenvalue weighted by molar-refractivity contribution is -0.135. The van der Waals surface area contributed by atoms with E-state index < -0.39 is 5.54 Å². The lowest BCUT2D eigenvalue weighted by atomic mass is 9.95. The minimum atomic E-state index is -0.503. The number of carbonyl (C=O) groups excluding carboxylic acids is 1. The zero-order valence-corrected chi connectivity index (χ0v) is 16.0. The molecule has 0 unspecified atom stereocenters. The number of hydrogen-bond donors (Lipinski definition) is 1. The summed E-state index contributed by atoms with van der Waals surface area (Å²) >= 11 is 0. The number of rotatable bonds is 5. The van der Waals surface area contributed by atoms with Crippen LogP contribution in [0.25, 0.3) is 0 Å². The van der Waals surface area contributed by atoms with Crippen molar-refractivity contribution in [3.8, 4) is 0 Å². The summed E-state index contributed by atoms with van der Waals surface area (Å²) in [5.74, 6) is 0.870. The number of carbonyl (C=O) groups is 1. The fourth-order valence-corrected chi connectivity index (χ4v) is 3.38. The summed E-state index contributed by atoms with van der Waals surface area (Å²) in [4.78, 5) is 16.6. The third-order valence-electron chi connectivity index (χ3n) is 4.98. The maximum atomic E-state index is 12.2. The van der Waals surface area contributed by atoms with Crippen LogP contribution >= 0.6 is 24.8 Å². The fraction of sp³-hybridized carbons (Fsp3) is 0.611. The van der Waals surface area contributed by atoms with Gasteiger partial charge < -0.3 is 15.5 Å². The quantitative estimate of drug-likeness (QED) is 0.862. The first-order chi connectivity index (χ1) is 10.6. The van der Waals surface area contributed by atoms with Gasteiger partial charge >= 0.3 is 0 Å². The van der Waals surface area contributed by atoms with Crippen LogP contribution in [0.4, 0.5) is 0 Å². The van der Waals surface area contributed by atoms with Crippen LogP contribution in [0.1, 0.15) is 31.2 Å². The molecule has 1 saturated heterocycles. The third-order valence-corrected chi connectivity index (χ3v) is 4.98. The summed E-state index contributed by atoms with van der Waals surface area (Å²) in [5, 5.41) is 0. The van der Waals surface area contributed by atoms with E-state index in [2.05, 4.69) is 42.3 Å². The first-order valence-electron chi connectivity index (χ1n) is 8.37. The van der Waals surface area contributed by atoms with Gasteiger partial charge in [0.15, 0.2) is 0 Å². The number of nitrogens with zero attached hydrogens (tertiary/aromatic N) is 2. The topological polar surface area (TPSA) is 49.6 Å². The highest BCUT2D eigenvalue weighted by Crippen LogP contribution is 2.35. The Morgan fingerprint density at radius 3 is 2.33 bits per heavy atom. The van der Waals surface area contributed by atoms with Crippen LogP contribution in [-0.2, 0) is 11.3 Å². The largest absolute Gasteiger partial charge is 0.341 e. The smallest absolute Gasteiger partial charge is 0.242 e. The van der Waals surface area contributed by atoms with Crippen LogP contribution < -0.4 is 5.73 Å². The van der Waals surface area contributed by atoms with E-state index in [1.54, 1.807) is 0 Å². The van der Waals surface area contributed by atoms with Gasteiger partial charge in [0.2, 0.25) is 5.91 Å². The molecule has 2 fully saturated rings. The minimum Gasteiger partial charge on any atom is -0.341 e. The normalized spacial score (nSPS) is 19.4. The monoisotopic (exact) mass is 373 g/mol. The van der Waals surface area contributed by atoms with Crippen molar-refractivity contribution < 1.29 is 4.79 Å². The summed E-state index contributed by atoms with van der Waals surface area (Å²) in [7, 11) is 2.18. The van der Waals surface area contributed by atoms with Crippen LogP contribution in [0, 0.1) is 5.92 Å². The fourth-order valence-electron chi connectivity index (χ4n) is 3.38. The molecule has 0 aromatic heterocycles. The lowest BCUT2D eigenvalue weighted by Gasteiger charge is -2.35. The first kappa shape index (κ1) is 21.2. The molecule has 0 atom stereocenters. The Morgan fingerprint density at radius 2 is 1.79 bits per heavy atom. The molecule has 4 nitrogen and oxygen atoms in total. The van der Waals surface area contributed by atoms with Crippen molar-refractivity contribution in [3.05, 3.63) is 35.9 Å². The Labute approximate surface area is 157 Å². The molecule has 1 heterocycles. The molecule has 1 saturated carbocycles. The summed E-state index contributed by atoms with van der Waals surface area (Å²) in [6, 6.07) is 10.6. The van der Waals surface area contributed by atoms with E-state index in [1.165, 1.54) is 5.56 Å². The van der Waals surface area contributed by atoms with Crippen LogP contribution in [0.5, 0.6) is 0 Å². The van der Waals surface area contributed by atoms with Crippen molar-refractivity contribution in [2.75, 3.05) is 26.7 Å². The highest BCUT2D eigenvalue weighted by Gasteiger charge is 2.48. The molecule has 2 N–H and O–H groups in total. The Hall–Kier alpha value is -0.810. The molecular formula is C18H29Cl2N3O. The van der Waals surface area contributed by atoms with Gasteiger partial charge in [-0.05, 0) is 44.2 Å². The van der Waals surface area contributed by atoms with Crippen LogP contribution in [0.2, 0.25) is 0 Å². The number of likely N-dealkylation sites (tertiary alicyclic amines) is 1. The highest BCUT2D eigenvalue weighted by molar-refractivity contribution is 5.89. The molecule has 136 valence electrons.